The molecule has 0 heterocycles. The number of para-hydroxylation sites is 1. The lowest BCUT2D eigenvalue weighted by molar-refractivity contribution is -0.118. The van der Waals surface area contributed by atoms with Crippen molar-refractivity contribution in [3.63, 3.8) is 0 Å². The smallest absolute Gasteiger partial charge is 0.265 e. The molecule has 2 aromatic rings. The molecule has 0 radical (unpaired) electrons. The van der Waals surface area contributed by atoms with Gasteiger partial charge in [-0.05, 0) is 30.7 Å². The van der Waals surface area contributed by atoms with Crippen molar-refractivity contribution in [3.8, 4) is 0 Å². The number of nitrogens with zero attached hydrogens (tertiary/aromatic N) is 1. The number of hydrogen-bond donors (Lipinski definition) is 0. The number of rotatable bonds is 5. The Morgan fingerprint density at radius 2 is 1.48 bits per heavy atom. The first-order chi connectivity index (χ1) is 10.2. The zero-order valence-corrected chi connectivity index (χ0v) is 12.2. The Labute approximate surface area is 125 Å². The van der Waals surface area contributed by atoms with Gasteiger partial charge in [0.1, 0.15) is 0 Å². The van der Waals surface area contributed by atoms with Gasteiger partial charge in [-0.2, -0.15) is 0 Å². The van der Waals surface area contributed by atoms with E-state index in [4.69, 9.17) is 0 Å². The molecule has 0 saturated heterocycles. The van der Waals surface area contributed by atoms with E-state index in [0.29, 0.717) is 17.7 Å². The van der Waals surface area contributed by atoms with Crippen molar-refractivity contribution >= 4 is 17.5 Å². The Morgan fingerprint density at radius 3 is 2.05 bits per heavy atom. The number of amides is 2. The van der Waals surface area contributed by atoms with Crippen LogP contribution < -0.4 is 4.90 Å². The van der Waals surface area contributed by atoms with Crippen molar-refractivity contribution in [1.82, 2.24) is 0 Å². The van der Waals surface area contributed by atoms with Crippen molar-refractivity contribution in [2.24, 2.45) is 0 Å². The van der Waals surface area contributed by atoms with E-state index < -0.39 is 0 Å². The molecule has 0 N–H and O–H groups in total. The van der Waals surface area contributed by atoms with Crippen molar-refractivity contribution < 1.29 is 9.59 Å². The average Bonchev–Trinajstić information content (AvgIpc) is 2.55. The van der Waals surface area contributed by atoms with E-state index in [1.54, 1.807) is 36.4 Å². The maximum Gasteiger partial charge on any atom is 0.265 e. The van der Waals surface area contributed by atoms with Crippen LogP contribution in [0.4, 0.5) is 5.69 Å². The van der Waals surface area contributed by atoms with Gasteiger partial charge in [0, 0.05) is 12.0 Å². The predicted molar refractivity (Wildman–Crippen MR) is 84.2 cm³/mol. The Hall–Kier alpha value is -2.42. The lowest BCUT2D eigenvalue weighted by Crippen LogP contribution is -2.36. The summed E-state index contributed by atoms with van der Waals surface area (Å²) < 4.78 is 0. The van der Waals surface area contributed by atoms with E-state index in [2.05, 4.69) is 0 Å². The summed E-state index contributed by atoms with van der Waals surface area (Å²) in [6, 6.07) is 18.0. The van der Waals surface area contributed by atoms with Crippen LogP contribution in [0.25, 0.3) is 0 Å². The summed E-state index contributed by atoms with van der Waals surface area (Å²) in [5.74, 6) is -0.431. The monoisotopic (exact) mass is 281 g/mol. The van der Waals surface area contributed by atoms with Gasteiger partial charge < -0.3 is 0 Å². The molecule has 0 aliphatic heterocycles. The van der Waals surface area contributed by atoms with Crippen LogP contribution in [-0.2, 0) is 4.79 Å². The molecule has 0 unspecified atom stereocenters. The molecule has 21 heavy (non-hydrogen) atoms. The van der Waals surface area contributed by atoms with Crippen LogP contribution in [0.2, 0.25) is 0 Å². The van der Waals surface area contributed by atoms with Gasteiger partial charge in [-0.3, -0.25) is 9.59 Å². The molecule has 2 aromatic carbocycles. The Kier molecular flexibility index (Phi) is 5.27. The third kappa shape index (κ3) is 3.78. The minimum Gasteiger partial charge on any atom is -0.274 e. The van der Waals surface area contributed by atoms with Gasteiger partial charge in [0.2, 0.25) is 5.91 Å². The van der Waals surface area contributed by atoms with E-state index in [9.17, 15) is 9.59 Å². The zero-order chi connectivity index (χ0) is 15.1. The molecule has 0 saturated carbocycles. The van der Waals surface area contributed by atoms with Gasteiger partial charge in [-0.1, -0.05) is 49.7 Å². The molecule has 2 amide bonds. The van der Waals surface area contributed by atoms with Crippen LogP contribution in [0, 0.1) is 0 Å². The van der Waals surface area contributed by atoms with Crippen molar-refractivity contribution in [2.75, 3.05) is 4.90 Å². The van der Waals surface area contributed by atoms with Crippen molar-refractivity contribution in [3.05, 3.63) is 66.2 Å². The average molecular weight is 281 g/mol. The fourth-order valence-electron chi connectivity index (χ4n) is 2.10. The second kappa shape index (κ2) is 7.39. The highest BCUT2D eigenvalue weighted by atomic mass is 16.2. The lowest BCUT2D eigenvalue weighted by Gasteiger charge is -2.21. The fourth-order valence-corrected chi connectivity index (χ4v) is 2.10. The largest absolute Gasteiger partial charge is 0.274 e. The molecule has 0 fully saturated rings. The number of unbranched alkanes of at least 4 members (excludes halogenated alkanes) is 1. The summed E-state index contributed by atoms with van der Waals surface area (Å²) in [5, 5.41) is 0. The number of anilines is 1. The van der Waals surface area contributed by atoms with Crippen molar-refractivity contribution in [1.29, 1.82) is 0 Å². The maximum atomic E-state index is 12.7. The Morgan fingerprint density at radius 1 is 0.905 bits per heavy atom. The molecule has 0 atom stereocenters. The number of carbonyl (C=O) groups is 2. The number of carbonyl (C=O) groups excluding carboxylic acids is 2. The standard InChI is InChI=1S/C18H19NO2/c1-2-3-14-17(20)19(16-12-8-5-9-13-16)18(21)15-10-6-4-7-11-15/h4-13H,2-3,14H2,1H3. The molecular formula is C18H19NO2. The maximum absolute atomic E-state index is 12.7. The van der Waals surface area contributed by atoms with E-state index >= 15 is 0 Å². The minimum atomic E-state index is -0.275. The quantitative estimate of drug-likeness (QED) is 0.829. The van der Waals surface area contributed by atoms with Gasteiger partial charge in [-0.15, -0.1) is 0 Å². The molecule has 108 valence electrons. The SMILES string of the molecule is CCCCC(=O)N(C(=O)c1ccccc1)c1ccccc1. The van der Waals surface area contributed by atoms with Crippen LogP contribution in [-0.4, -0.2) is 11.8 Å². The number of imide groups is 1. The van der Waals surface area contributed by atoms with Crippen LogP contribution in [0.3, 0.4) is 0 Å². The van der Waals surface area contributed by atoms with Crippen LogP contribution >= 0.6 is 0 Å². The Balaban J connectivity index is 2.32. The molecule has 0 aromatic heterocycles. The summed E-state index contributed by atoms with van der Waals surface area (Å²) in [4.78, 5) is 26.4. The van der Waals surface area contributed by atoms with Crippen LogP contribution in [0.15, 0.2) is 60.7 Å². The summed E-state index contributed by atoms with van der Waals surface area (Å²) in [5.41, 5.74) is 1.14. The summed E-state index contributed by atoms with van der Waals surface area (Å²) >= 11 is 0. The van der Waals surface area contributed by atoms with E-state index in [1.165, 1.54) is 4.90 Å². The van der Waals surface area contributed by atoms with E-state index in [1.807, 2.05) is 31.2 Å². The first kappa shape index (κ1) is 15.0. The highest BCUT2D eigenvalue weighted by Crippen LogP contribution is 2.19. The van der Waals surface area contributed by atoms with Gasteiger partial charge in [0.25, 0.3) is 5.91 Å². The first-order valence-corrected chi connectivity index (χ1v) is 7.21. The minimum absolute atomic E-state index is 0.156. The first-order valence-electron chi connectivity index (χ1n) is 7.21. The van der Waals surface area contributed by atoms with Gasteiger partial charge >= 0.3 is 0 Å². The molecule has 0 aliphatic rings. The van der Waals surface area contributed by atoms with Crippen molar-refractivity contribution in [2.45, 2.75) is 26.2 Å². The fraction of sp³-hybridized carbons (Fsp3) is 0.222. The highest BCUT2D eigenvalue weighted by molar-refractivity contribution is 6.21. The van der Waals surface area contributed by atoms with Crippen LogP contribution in [0.1, 0.15) is 36.5 Å². The third-order valence-corrected chi connectivity index (χ3v) is 3.23. The predicted octanol–water partition coefficient (Wildman–Crippen LogP) is 4.05. The summed E-state index contributed by atoms with van der Waals surface area (Å²) in [6.07, 6.45) is 2.09. The molecule has 0 spiro atoms. The lowest BCUT2D eigenvalue weighted by atomic mass is 10.1. The normalized spacial score (nSPS) is 10.1. The van der Waals surface area contributed by atoms with Gasteiger partial charge in [0.15, 0.2) is 0 Å². The van der Waals surface area contributed by atoms with Crippen LogP contribution in [0.5, 0.6) is 0 Å². The number of benzene rings is 2. The molecule has 3 heteroatoms. The topological polar surface area (TPSA) is 37.4 Å². The highest BCUT2D eigenvalue weighted by Gasteiger charge is 2.23. The molecule has 3 nitrogen and oxygen atoms in total. The second-order valence-corrected chi connectivity index (χ2v) is 4.84. The molecule has 0 bridgehead atoms. The second-order valence-electron chi connectivity index (χ2n) is 4.84. The summed E-state index contributed by atoms with van der Waals surface area (Å²) in [7, 11) is 0. The van der Waals surface area contributed by atoms with Gasteiger partial charge in [0.05, 0.1) is 5.69 Å². The Bertz CT molecular complexity index is 593. The third-order valence-electron chi connectivity index (χ3n) is 3.23. The van der Waals surface area contributed by atoms with Gasteiger partial charge in [-0.25, -0.2) is 4.90 Å². The van der Waals surface area contributed by atoms with E-state index in [-0.39, 0.29) is 11.8 Å². The number of hydrogen-bond acceptors (Lipinski definition) is 2. The van der Waals surface area contributed by atoms with E-state index in [0.717, 1.165) is 12.8 Å². The molecule has 2 rings (SSSR count). The summed E-state index contributed by atoms with van der Waals surface area (Å²) in [6.45, 7) is 2.03. The zero-order valence-electron chi connectivity index (χ0n) is 12.2. The molecular weight excluding hydrogens is 262 g/mol. The molecule has 0 aliphatic carbocycles.